The molecule has 0 nitrogen and oxygen atoms in total. The summed E-state index contributed by atoms with van der Waals surface area (Å²) in [4.78, 5) is 0. The van der Waals surface area contributed by atoms with Crippen molar-refractivity contribution in [3.05, 3.63) is 95.1 Å². The molecule has 0 radical (unpaired) electrons. The zero-order valence-corrected chi connectivity index (χ0v) is 13.3. The van der Waals surface area contributed by atoms with Crippen LogP contribution in [0.1, 0.15) is 22.3 Å². The predicted molar refractivity (Wildman–Crippen MR) is 102 cm³/mol. The van der Waals surface area contributed by atoms with E-state index in [-0.39, 0.29) is 0 Å². The van der Waals surface area contributed by atoms with Gasteiger partial charge in [-0.1, -0.05) is 72.8 Å². The molecule has 4 aromatic carbocycles. The van der Waals surface area contributed by atoms with Crippen LogP contribution in [0.4, 0.5) is 0 Å². The van der Waals surface area contributed by atoms with E-state index in [1.54, 1.807) is 0 Å². The van der Waals surface area contributed by atoms with E-state index in [0.717, 1.165) is 12.8 Å². The van der Waals surface area contributed by atoms with Gasteiger partial charge in [0.15, 0.2) is 0 Å². The van der Waals surface area contributed by atoms with Crippen molar-refractivity contribution in [2.45, 2.75) is 12.8 Å². The summed E-state index contributed by atoms with van der Waals surface area (Å²) in [6, 6.07) is 26.9. The number of hydrogen-bond acceptors (Lipinski definition) is 0. The Kier molecular flexibility index (Phi) is 2.28. The molecule has 0 aliphatic heterocycles. The highest BCUT2D eigenvalue weighted by Crippen LogP contribution is 2.46. The van der Waals surface area contributed by atoms with Crippen LogP contribution < -0.4 is 0 Å². The van der Waals surface area contributed by atoms with Gasteiger partial charge < -0.3 is 0 Å². The minimum Gasteiger partial charge on any atom is -0.0613 e. The van der Waals surface area contributed by atoms with Crippen LogP contribution in [0.25, 0.3) is 32.7 Å². The molecule has 0 saturated carbocycles. The Morgan fingerprint density at radius 1 is 0.458 bits per heavy atom. The van der Waals surface area contributed by atoms with E-state index in [9.17, 15) is 0 Å². The molecule has 0 heteroatoms. The van der Waals surface area contributed by atoms with Crippen molar-refractivity contribution < 1.29 is 0 Å². The van der Waals surface area contributed by atoms with Gasteiger partial charge in [-0.05, 0) is 67.8 Å². The van der Waals surface area contributed by atoms with E-state index in [1.807, 2.05) is 0 Å². The molecule has 0 amide bonds. The maximum absolute atomic E-state index is 2.31. The highest BCUT2D eigenvalue weighted by Gasteiger charge is 2.26. The molecule has 0 fully saturated rings. The summed E-state index contributed by atoms with van der Waals surface area (Å²) in [6.45, 7) is 0. The molecule has 0 spiro atoms. The first kappa shape index (κ1) is 12.5. The third kappa shape index (κ3) is 1.48. The maximum Gasteiger partial charge on any atom is -0.00102 e. The van der Waals surface area contributed by atoms with Gasteiger partial charge in [-0.2, -0.15) is 0 Å². The fourth-order valence-corrected chi connectivity index (χ4v) is 4.74. The molecular formula is C24H16. The topological polar surface area (TPSA) is 0 Å². The molecule has 6 rings (SSSR count). The van der Waals surface area contributed by atoms with Crippen molar-refractivity contribution in [3.63, 3.8) is 0 Å². The van der Waals surface area contributed by atoms with Crippen molar-refractivity contribution in [2.24, 2.45) is 0 Å². The lowest BCUT2D eigenvalue weighted by Crippen LogP contribution is -1.89. The lowest BCUT2D eigenvalue weighted by Gasteiger charge is -2.08. The summed E-state index contributed by atoms with van der Waals surface area (Å²) in [5, 5.41) is 5.67. The van der Waals surface area contributed by atoms with E-state index in [2.05, 4.69) is 72.8 Å². The molecule has 0 bridgehead atoms. The van der Waals surface area contributed by atoms with Gasteiger partial charge in [0.25, 0.3) is 0 Å². The highest BCUT2D eigenvalue weighted by molar-refractivity contribution is 6.13. The molecular weight excluding hydrogens is 288 g/mol. The van der Waals surface area contributed by atoms with E-state index in [4.69, 9.17) is 0 Å². The summed E-state index contributed by atoms with van der Waals surface area (Å²) in [5.41, 5.74) is 8.92. The van der Waals surface area contributed by atoms with Gasteiger partial charge in [0, 0.05) is 0 Å². The Labute approximate surface area is 141 Å². The van der Waals surface area contributed by atoms with Crippen molar-refractivity contribution in [1.82, 2.24) is 0 Å². The van der Waals surface area contributed by atoms with Crippen LogP contribution in [-0.4, -0.2) is 0 Å². The SMILES string of the molecule is c1cc2c3c(cccc3c1)C(=C1Cc3cccc4cccc1c34)C2. The Balaban J connectivity index is 1.70. The summed E-state index contributed by atoms with van der Waals surface area (Å²) in [5.74, 6) is 0. The van der Waals surface area contributed by atoms with E-state index < -0.39 is 0 Å². The van der Waals surface area contributed by atoms with Gasteiger partial charge in [0.2, 0.25) is 0 Å². The number of rotatable bonds is 0. The minimum absolute atomic E-state index is 1.07. The third-order valence-electron chi connectivity index (χ3n) is 5.73. The molecule has 0 unspecified atom stereocenters. The zero-order chi connectivity index (χ0) is 15.7. The fourth-order valence-electron chi connectivity index (χ4n) is 4.74. The molecule has 0 N–H and O–H groups in total. The van der Waals surface area contributed by atoms with Crippen molar-refractivity contribution in [3.8, 4) is 0 Å². The third-order valence-corrected chi connectivity index (χ3v) is 5.73. The number of allylic oxidation sites excluding steroid dienone is 2. The lowest BCUT2D eigenvalue weighted by molar-refractivity contribution is 1.32. The van der Waals surface area contributed by atoms with Crippen LogP contribution in [0.2, 0.25) is 0 Å². The first-order valence-corrected chi connectivity index (χ1v) is 8.64. The van der Waals surface area contributed by atoms with Gasteiger partial charge in [0.1, 0.15) is 0 Å². The van der Waals surface area contributed by atoms with Crippen LogP contribution in [0.15, 0.2) is 72.8 Å². The lowest BCUT2D eigenvalue weighted by atomic mass is 9.95. The summed E-state index contributed by atoms with van der Waals surface area (Å²) < 4.78 is 0. The zero-order valence-electron chi connectivity index (χ0n) is 13.3. The number of benzene rings is 4. The normalized spacial score (nSPS) is 18.0. The molecule has 0 heterocycles. The molecule has 0 atom stereocenters. The van der Waals surface area contributed by atoms with Gasteiger partial charge in [-0.25, -0.2) is 0 Å². The van der Waals surface area contributed by atoms with Crippen LogP contribution in [-0.2, 0) is 12.8 Å². The van der Waals surface area contributed by atoms with Gasteiger partial charge in [-0.15, -0.1) is 0 Å². The number of hydrogen-bond donors (Lipinski definition) is 0. The molecule has 0 saturated heterocycles. The highest BCUT2D eigenvalue weighted by atomic mass is 14.3. The summed E-state index contributed by atoms with van der Waals surface area (Å²) in [6.07, 6.45) is 2.13. The van der Waals surface area contributed by atoms with E-state index >= 15 is 0 Å². The predicted octanol–water partition coefficient (Wildman–Crippen LogP) is 6.02. The molecule has 0 aromatic heterocycles. The standard InChI is InChI=1S/C24H16/c1-5-15-7-3-11-19-21(13-17(9-1)23(15)19)22-14-18-10-2-6-16-8-4-12-20(22)24(16)18/h1-12H,13-14H2. The Morgan fingerprint density at radius 3 is 1.33 bits per heavy atom. The van der Waals surface area contributed by atoms with Gasteiger partial charge in [0.05, 0.1) is 0 Å². The fraction of sp³-hybridized carbons (Fsp3) is 0.0833. The molecule has 24 heavy (non-hydrogen) atoms. The van der Waals surface area contributed by atoms with Crippen LogP contribution in [0.5, 0.6) is 0 Å². The average molecular weight is 304 g/mol. The largest absolute Gasteiger partial charge is 0.0613 e. The Morgan fingerprint density at radius 2 is 0.875 bits per heavy atom. The molecule has 112 valence electrons. The Bertz CT molecular complexity index is 1090. The maximum atomic E-state index is 2.31. The smallest absolute Gasteiger partial charge is 0.00102 e. The van der Waals surface area contributed by atoms with E-state index in [1.165, 1.54) is 54.9 Å². The molecule has 2 aliphatic carbocycles. The Hall–Kier alpha value is -2.86. The van der Waals surface area contributed by atoms with Crippen molar-refractivity contribution in [2.75, 3.05) is 0 Å². The van der Waals surface area contributed by atoms with Crippen LogP contribution >= 0.6 is 0 Å². The minimum atomic E-state index is 1.07. The van der Waals surface area contributed by atoms with Crippen LogP contribution in [0.3, 0.4) is 0 Å². The second-order valence-corrected chi connectivity index (χ2v) is 6.95. The van der Waals surface area contributed by atoms with E-state index in [0.29, 0.717) is 0 Å². The van der Waals surface area contributed by atoms with Gasteiger partial charge >= 0.3 is 0 Å². The molecule has 2 aliphatic rings. The van der Waals surface area contributed by atoms with Gasteiger partial charge in [-0.3, -0.25) is 0 Å². The first-order chi connectivity index (χ1) is 11.9. The summed E-state index contributed by atoms with van der Waals surface area (Å²) in [7, 11) is 0. The van der Waals surface area contributed by atoms with Crippen molar-refractivity contribution >= 4 is 32.7 Å². The first-order valence-electron chi connectivity index (χ1n) is 8.64. The summed E-state index contributed by atoms with van der Waals surface area (Å²) >= 11 is 0. The quantitative estimate of drug-likeness (QED) is 0.373. The molecule has 4 aromatic rings. The van der Waals surface area contributed by atoms with Crippen molar-refractivity contribution in [1.29, 1.82) is 0 Å². The average Bonchev–Trinajstić information content (AvgIpc) is 3.18. The van der Waals surface area contributed by atoms with Crippen LogP contribution in [0, 0.1) is 0 Å². The second kappa shape index (κ2) is 4.36. The monoisotopic (exact) mass is 304 g/mol. The second-order valence-electron chi connectivity index (χ2n) is 6.95.